The van der Waals surface area contributed by atoms with Crippen LogP contribution in [-0.2, 0) is 11.3 Å². The van der Waals surface area contributed by atoms with E-state index in [9.17, 15) is 19.1 Å². The SMILES string of the molecule is CC(C)c1ccc(C(=O)CC(NCc2ccc(F)cc2)C(=O)O)cc1. The van der Waals surface area contributed by atoms with E-state index >= 15 is 0 Å². The largest absolute Gasteiger partial charge is 0.480 e. The molecule has 0 aromatic heterocycles. The molecule has 0 saturated carbocycles. The Bertz CT molecular complexity index is 724. The topological polar surface area (TPSA) is 66.4 Å². The van der Waals surface area contributed by atoms with Gasteiger partial charge >= 0.3 is 5.97 Å². The van der Waals surface area contributed by atoms with E-state index in [1.54, 1.807) is 24.3 Å². The number of carbonyl (C=O) groups is 2. The minimum atomic E-state index is -1.09. The lowest BCUT2D eigenvalue weighted by atomic mass is 9.98. The zero-order valence-corrected chi connectivity index (χ0v) is 14.3. The molecule has 4 nitrogen and oxygen atoms in total. The molecule has 132 valence electrons. The smallest absolute Gasteiger partial charge is 0.321 e. The summed E-state index contributed by atoms with van der Waals surface area (Å²) in [4.78, 5) is 23.8. The summed E-state index contributed by atoms with van der Waals surface area (Å²) < 4.78 is 12.9. The molecule has 0 radical (unpaired) electrons. The van der Waals surface area contributed by atoms with Crippen molar-refractivity contribution < 1.29 is 19.1 Å². The second-order valence-electron chi connectivity index (χ2n) is 6.30. The van der Waals surface area contributed by atoms with Crippen LogP contribution >= 0.6 is 0 Å². The molecule has 0 aliphatic carbocycles. The number of hydrogen-bond acceptors (Lipinski definition) is 3. The standard InChI is InChI=1S/C20H22FNO3/c1-13(2)15-5-7-16(8-6-15)19(23)11-18(20(24)25)22-12-14-3-9-17(21)10-4-14/h3-10,13,18,22H,11-12H2,1-2H3,(H,24,25). The maximum Gasteiger partial charge on any atom is 0.321 e. The van der Waals surface area contributed by atoms with Gasteiger partial charge in [-0.05, 0) is 29.2 Å². The van der Waals surface area contributed by atoms with Gasteiger partial charge in [-0.15, -0.1) is 0 Å². The van der Waals surface area contributed by atoms with Crippen LogP contribution in [0, 0.1) is 5.82 Å². The van der Waals surface area contributed by atoms with Crippen molar-refractivity contribution in [2.45, 2.75) is 38.8 Å². The first-order valence-electron chi connectivity index (χ1n) is 8.20. The van der Waals surface area contributed by atoms with Crippen molar-refractivity contribution >= 4 is 11.8 Å². The summed E-state index contributed by atoms with van der Waals surface area (Å²) in [6.07, 6.45) is -0.141. The number of Topliss-reactive ketones (excluding diaryl/α,β-unsaturated/α-hetero) is 1. The number of benzene rings is 2. The summed E-state index contributed by atoms with van der Waals surface area (Å²) in [6, 6.07) is 12.0. The number of ketones is 1. The van der Waals surface area contributed by atoms with E-state index in [1.165, 1.54) is 12.1 Å². The van der Waals surface area contributed by atoms with E-state index in [4.69, 9.17) is 0 Å². The minimum Gasteiger partial charge on any atom is -0.480 e. The predicted molar refractivity (Wildman–Crippen MR) is 94.1 cm³/mol. The Labute approximate surface area is 146 Å². The van der Waals surface area contributed by atoms with Gasteiger partial charge < -0.3 is 5.11 Å². The predicted octanol–water partition coefficient (Wildman–Crippen LogP) is 3.76. The second kappa shape index (κ2) is 8.53. The highest BCUT2D eigenvalue weighted by atomic mass is 19.1. The van der Waals surface area contributed by atoms with Crippen LogP contribution < -0.4 is 5.32 Å². The van der Waals surface area contributed by atoms with Gasteiger partial charge in [0.05, 0.1) is 0 Å². The van der Waals surface area contributed by atoms with E-state index in [0.717, 1.165) is 11.1 Å². The molecule has 0 amide bonds. The molecule has 2 aromatic rings. The Morgan fingerprint density at radius 3 is 2.16 bits per heavy atom. The number of rotatable bonds is 8. The van der Waals surface area contributed by atoms with Gasteiger partial charge in [0, 0.05) is 18.5 Å². The Kier molecular flexibility index (Phi) is 6.42. The summed E-state index contributed by atoms with van der Waals surface area (Å²) >= 11 is 0. The van der Waals surface area contributed by atoms with Gasteiger partial charge in [-0.2, -0.15) is 0 Å². The Morgan fingerprint density at radius 1 is 1.04 bits per heavy atom. The highest BCUT2D eigenvalue weighted by Crippen LogP contribution is 2.16. The maximum absolute atomic E-state index is 12.9. The fourth-order valence-electron chi connectivity index (χ4n) is 2.45. The van der Waals surface area contributed by atoms with Crippen molar-refractivity contribution in [1.82, 2.24) is 5.32 Å². The lowest BCUT2D eigenvalue weighted by molar-refractivity contribution is -0.139. The molecule has 5 heteroatoms. The Balaban J connectivity index is 1.99. The molecule has 0 fully saturated rings. The van der Waals surface area contributed by atoms with E-state index in [0.29, 0.717) is 11.5 Å². The summed E-state index contributed by atoms with van der Waals surface area (Å²) in [5.74, 6) is -1.30. The maximum atomic E-state index is 12.9. The van der Waals surface area contributed by atoms with Crippen LogP contribution in [0.5, 0.6) is 0 Å². The summed E-state index contributed by atoms with van der Waals surface area (Å²) in [5, 5.41) is 12.2. The van der Waals surface area contributed by atoms with Gasteiger partial charge in [-0.25, -0.2) is 4.39 Å². The molecule has 0 heterocycles. The molecule has 0 aliphatic rings. The fraction of sp³-hybridized carbons (Fsp3) is 0.300. The normalized spacial score (nSPS) is 12.2. The van der Waals surface area contributed by atoms with Gasteiger partial charge in [-0.3, -0.25) is 14.9 Å². The van der Waals surface area contributed by atoms with Crippen molar-refractivity contribution in [1.29, 1.82) is 0 Å². The third-order valence-corrected chi connectivity index (χ3v) is 4.05. The molecule has 0 spiro atoms. The Morgan fingerprint density at radius 2 is 1.64 bits per heavy atom. The molecule has 0 aliphatic heterocycles. The lowest BCUT2D eigenvalue weighted by Gasteiger charge is -2.14. The number of carboxylic acids is 1. The van der Waals surface area contributed by atoms with Crippen molar-refractivity contribution in [2.24, 2.45) is 0 Å². The van der Waals surface area contributed by atoms with Gasteiger partial charge in [0.2, 0.25) is 0 Å². The molecule has 2 N–H and O–H groups in total. The number of halogens is 1. The van der Waals surface area contributed by atoms with Gasteiger partial charge in [0.1, 0.15) is 11.9 Å². The number of nitrogens with one attached hydrogen (secondary N) is 1. The van der Waals surface area contributed by atoms with Gasteiger partial charge in [0.25, 0.3) is 0 Å². The highest BCUT2D eigenvalue weighted by Gasteiger charge is 2.21. The number of carboxylic acid groups (broad SMARTS) is 1. The first-order chi connectivity index (χ1) is 11.9. The van der Waals surface area contributed by atoms with E-state index < -0.39 is 12.0 Å². The lowest BCUT2D eigenvalue weighted by Crippen LogP contribution is -2.38. The van der Waals surface area contributed by atoms with Crippen LogP contribution in [0.1, 0.15) is 47.7 Å². The third kappa shape index (κ3) is 5.50. The van der Waals surface area contributed by atoms with Crippen LogP contribution in [0.3, 0.4) is 0 Å². The van der Waals surface area contributed by atoms with E-state index in [1.807, 2.05) is 12.1 Å². The van der Waals surface area contributed by atoms with Crippen molar-refractivity contribution in [2.75, 3.05) is 0 Å². The molecule has 1 atom stereocenters. The molecule has 25 heavy (non-hydrogen) atoms. The summed E-state index contributed by atoms with van der Waals surface area (Å²) in [5.41, 5.74) is 2.38. The Hall–Kier alpha value is -2.53. The average Bonchev–Trinajstić information content (AvgIpc) is 2.59. The zero-order valence-electron chi connectivity index (χ0n) is 14.3. The fourth-order valence-corrected chi connectivity index (χ4v) is 2.45. The van der Waals surface area contributed by atoms with Gasteiger partial charge in [0.15, 0.2) is 5.78 Å². The molecule has 0 bridgehead atoms. The summed E-state index contributed by atoms with van der Waals surface area (Å²) in [6.45, 7) is 4.38. The first kappa shape index (κ1) is 18.8. The number of carbonyl (C=O) groups excluding carboxylic acids is 1. The third-order valence-electron chi connectivity index (χ3n) is 4.05. The molecular formula is C20H22FNO3. The van der Waals surface area contributed by atoms with E-state index in [-0.39, 0.29) is 24.6 Å². The molecule has 0 saturated heterocycles. The van der Waals surface area contributed by atoms with E-state index in [2.05, 4.69) is 19.2 Å². The number of hydrogen-bond donors (Lipinski definition) is 2. The van der Waals surface area contributed by atoms with Crippen LogP contribution in [-0.4, -0.2) is 22.9 Å². The quantitative estimate of drug-likeness (QED) is 0.716. The van der Waals surface area contributed by atoms with Crippen LogP contribution in [0.15, 0.2) is 48.5 Å². The number of aliphatic carboxylic acids is 1. The highest BCUT2D eigenvalue weighted by molar-refractivity contribution is 5.98. The van der Waals surface area contributed by atoms with Crippen LogP contribution in [0.4, 0.5) is 4.39 Å². The monoisotopic (exact) mass is 343 g/mol. The molecule has 2 rings (SSSR count). The second-order valence-corrected chi connectivity index (χ2v) is 6.30. The zero-order chi connectivity index (χ0) is 18.4. The molecular weight excluding hydrogens is 321 g/mol. The van der Waals surface area contributed by atoms with Crippen LogP contribution in [0.25, 0.3) is 0 Å². The summed E-state index contributed by atoms with van der Waals surface area (Å²) in [7, 11) is 0. The van der Waals surface area contributed by atoms with Crippen molar-refractivity contribution in [3.8, 4) is 0 Å². The van der Waals surface area contributed by atoms with Gasteiger partial charge in [-0.1, -0.05) is 50.2 Å². The average molecular weight is 343 g/mol. The van der Waals surface area contributed by atoms with Crippen LogP contribution in [0.2, 0.25) is 0 Å². The minimum absolute atomic E-state index is 0.141. The van der Waals surface area contributed by atoms with Crippen molar-refractivity contribution in [3.63, 3.8) is 0 Å². The molecule has 1 unspecified atom stereocenters. The molecule has 2 aromatic carbocycles. The van der Waals surface area contributed by atoms with Crippen molar-refractivity contribution in [3.05, 3.63) is 71.0 Å². The first-order valence-corrected chi connectivity index (χ1v) is 8.20.